The SMILES string of the molecule is CCCCC(NC(=O)CNC(=O)C(=O)C(CCC)NC(=O)C1C[C@@H](OCOCCOC)CN1C(=O)C(NC(=O)C1(c2ccccc2)CC1)C1CCCCC1)C(N)=O. The zero-order valence-corrected chi connectivity index (χ0v) is 33.7. The minimum Gasteiger partial charge on any atom is -0.382 e. The van der Waals surface area contributed by atoms with E-state index in [1.165, 1.54) is 4.90 Å². The Morgan fingerprint density at radius 1 is 0.895 bits per heavy atom. The normalized spacial score (nSPS) is 20.4. The standard InChI is InChI=1S/C41H62N6O10/c1-4-6-18-31(36(42)50)44-33(48)24-43-38(52)35(49)30(13-5-2)45-37(51)32-23-29(57-26-56-22-21-55-3)25-47(32)39(53)34(27-14-9-7-10-15-27)46-40(54)41(19-20-41)28-16-11-8-12-17-28/h8,11-12,16-17,27,29-32,34H,4-7,9-10,13-15,18-26H2,1-3H3,(H2,42,50)(H,43,52)(H,44,48)(H,45,51)(H,46,54)/t29-,30?,31?,32?,34?/m1/s1. The number of carbonyl (C=O) groups is 7. The number of Topliss-reactive ketones (excluding diaryl/α,β-unsaturated/α-hetero) is 1. The van der Waals surface area contributed by atoms with E-state index in [0.29, 0.717) is 38.7 Å². The number of nitrogens with one attached hydrogen (secondary N) is 4. The average molecular weight is 799 g/mol. The van der Waals surface area contributed by atoms with Crippen molar-refractivity contribution in [1.82, 2.24) is 26.2 Å². The lowest BCUT2D eigenvalue weighted by atomic mass is 9.82. The number of hydrogen-bond acceptors (Lipinski definition) is 10. The van der Waals surface area contributed by atoms with Crippen LogP contribution >= 0.6 is 0 Å². The summed E-state index contributed by atoms with van der Waals surface area (Å²) in [6.45, 7) is 3.71. The van der Waals surface area contributed by atoms with Crippen LogP contribution in [-0.2, 0) is 53.2 Å². The maximum Gasteiger partial charge on any atom is 0.290 e. The van der Waals surface area contributed by atoms with Gasteiger partial charge in [-0.05, 0) is 50.0 Å². The largest absolute Gasteiger partial charge is 0.382 e. The summed E-state index contributed by atoms with van der Waals surface area (Å²) >= 11 is 0. The fourth-order valence-corrected chi connectivity index (χ4v) is 7.76. The smallest absolute Gasteiger partial charge is 0.290 e. The summed E-state index contributed by atoms with van der Waals surface area (Å²) in [5, 5.41) is 10.6. The minimum atomic E-state index is -1.25. The van der Waals surface area contributed by atoms with Crippen LogP contribution in [0.4, 0.5) is 0 Å². The number of primary amides is 1. The van der Waals surface area contributed by atoms with E-state index >= 15 is 0 Å². The average Bonchev–Trinajstić information content (AvgIpc) is 3.93. The van der Waals surface area contributed by atoms with Gasteiger partial charge in [-0.25, -0.2) is 0 Å². The number of carbonyl (C=O) groups excluding carboxylic acids is 7. The van der Waals surface area contributed by atoms with E-state index in [9.17, 15) is 33.6 Å². The van der Waals surface area contributed by atoms with Gasteiger partial charge < -0.3 is 46.1 Å². The van der Waals surface area contributed by atoms with E-state index in [2.05, 4.69) is 21.3 Å². The quantitative estimate of drug-likeness (QED) is 0.0576. The van der Waals surface area contributed by atoms with Crippen LogP contribution in [0, 0.1) is 5.92 Å². The molecule has 0 radical (unpaired) electrons. The Kier molecular flexibility index (Phi) is 17.9. The Hall–Kier alpha value is -4.41. The number of amides is 6. The summed E-state index contributed by atoms with van der Waals surface area (Å²) in [6.07, 6.45) is 7.49. The van der Waals surface area contributed by atoms with Crippen molar-refractivity contribution in [2.24, 2.45) is 11.7 Å². The highest BCUT2D eigenvalue weighted by Gasteiger charge is 2.53. The molecular formula is C41H62N6O10. The number of unbranched alkanes of at least 4 members (excludes halogenated alkanes) is 1. The van der Waals surface area contributed by atoms with E-state index in [0.717, 1.165) is 44.1 Å². The highest BCUT2D eigenvalue weighted by atomic mass is 16.7. The third-order valence-corrected chi connectivity index (χ3v) is 11.2. The summed E-state index contributed by atoms with van der Waals surface area (Å²) in [7, 11) is 1.55. The number of likely N-dealkylation sites (tertiary alicyclic amines) is 1. The van der Waals surface area contributed by atoms with Crippen LogP contribution in [0.1, 0.15) is 103 Å². The van der Waals surface area contributed by atoms with E-state index in [4.69, 9.17) is 19.9 Å². The van der Waals surface area contributed by atoms with Crippen molar-refractivity contribution in [3.05, 3.63) is 35.9 Å². The Morgan fingerprint density at radius 3 is 2.25 bits per heavy atom. The van der Waals surface area contributed by atoms with Crippen molar-refractivity contribution >= 4 is 41.2 Å². The van der Waals surface area contributed by atoms with E-state index in [-0.39, 0.29) is 44.6 Å². The predicted octanol–water partition coefficient (Wildman–Crippen LogP) is 1.52. The molecule has 4 unspecified atom stereocenters. The van der Waals surface area contributed by atoms with Crippen LogP contribution in [-0.4, -0.2) is 117 Å². The first-order valence-corrected chi connectivity index (χ1v) is 20.5. The van der Waals surface area contributed by atoms with Crippen molar-refractivity contribution in [2.45, 2.75) is 133 Å². The molecule has 316 valence electrons. The summed E-state index contributed by atoms with van der Waals surface area (Å²) < 4.78 is 16.5. The maximum atomic E-state index is 14.7. The Labute approximate surface area is 335 Å². The number of nitrogens with two attached hydrogens (primary N) is 1. The van der Waals surface area contributed by atoms with Gasteiger partial charge in [0.25, 0.3) is 5.91 Å². The number of nitrogens with zero attached hydrogens (tertiary/aromatic N) is 1. The molecule has 16 nitrogen and oxygen atoms in total. The van der Waals surface area contributed by atoms with Crippen molar-refractivity contribution in [3.63, 3.8) is 0 Å². The molecular weight excluding hydrogens is 736 g/mol. The van der Waals surface area contributed by atoms with Gasteiger partial charge in [0.2, 0.25) is 35.3 Å². The monoisotopic (exact) mass is 798 g/mol. The van der Waals surface area contributed by atoms with Gasteiger partial charge in [-0.3, -0.25) is 33.6 Å². The number of methoxy groups -OCH3 is 1. The van der Waals surface area contributed by atoms with Crippen LogP contribution < -0.4 is 27.0 Å². The van der Waals surface area contributed by atoms with Crippen LogP contribution in [0.25, 0.3) is 0 Å². The van der Waals surface area contributed by atoms with Gasteiger partial charge in [0.1, 0.15) is 24.9 Å². The lowest BCUT2D eigenvalue weighted by molar-refractivity contribution is -0.145. The Balaban J connectivity index is 1.50. The number of hydrogen-bond donors (Lipinski definition) is 5. The van der Waals surface area contributed by atoms with Gasteiger partial charge in [-0.1, -0.05) is 82.7 Å². The third-order valence-electron chi connectivity index (χ3n) is 11.2. The van der Waals surface area contributed by atoms with Crippen molar-refractivity contribution < 1.29 is 47.8 Å². The predicted molar refractivity (Wildman–Crippen MR) is 209 cm³/mol. The van der Waals surface area contributed by atoms with Crippen LogP contribution in [0.5, 0.6) is 0 Å². The van der Waals surface area contributed by atoms with Crippen LogP contribution in [0.2, 0.25) is 0 Å². The zero-order valence-electron chi connectivity index (χ0n) is 33.7. The molecule has 0 bridgehead atoms. The second-order valence-electron chi connectivity index (χ2n) is 15.4. The summed E-state index contributed by atoms with van der Waals surface area (Å²) in [5.74, 6) is -4.85. The molecule has 0 spiro atoms. The molecule has 5 atom stereocenters. The highest BCUT2D eigenvalue weighted by molar-refractivity contribution is 6.38. The number of ketones is 1. The molecule has 6 N–H and O–H groups in total. The van der Waals surface area contributed by atoms with Crippen LogP contribution in [0.3, 0.4) is 0 Å². The van der Waals surface area contributed by atoms with Gasteiger partial charge in [0.15, 0.2) is 0 Å². The van der Waals surface area contributed by atoms with Crippen molar-refractivity contribution in [3.8, 4) is 0 Å². The Bertz CT molecular complexity index is 1530. The summed E-state index contributed by atoms with van der Waals surface area (Å²) in [5.41, 5.74) is 5.59. The van der Waals surface area contributed by atoms with Crippen molar-refractivity contribution in [2.75, 3.05) is 40.2 Å². The van der Waals surface area contributed by atoms with Gasteiger partial charge >= 0.3 is 0 Å². The van der Waals surface area contributed by atoms with E-state index < -0.39 is 77.6 Å². The van der Waals surface area contributed by atoms with Gasteiger partial charge in [-0.15, -0.1) is 0 Å². The molecule has 2 saturated carbocycles. The molecule has 1 heterocycles. The molecule has 1 aliphatic heterocycles. The molecule has 0 aromatic heterocycles. The second kappa shape index (κ2) is 22.5. The zero-order chi connectivity index (χ0) is 41.4. The van der Waals surface area contributed by atoms with Gasteiger partial charge in [0, 0.05) is 20.1 Å². The first kappa shape index (κ1) is 45.3. The third kappa shape index (κ3) is 12.8. The lowest BCUT2D eigenvalue weighted by Crippen LogP contribution is -2.59. The van der Waals surface area contributed by atoms with E-state index in [1.54, 1.807) is 14.0 Å². The first-order valence-electron chi connectivity index (χ1n) is 20.5. The molecule has 16 heteroatoms. The highest BCUT2D eigenvalue weighted by Crippen LogP contribution is 2.48. The molecule has 3 aliphatic rings. The second-order valence-corrected chi connectivity index (χ2v) is 15.4. The molecule has 1 aromatic rings. The summed E-state index contributed by atoms with van der Waals surface area (Å²) in [6, 6.07) is 5.42. The fraction of sp³-hybridized carbons (Fsp3) is 0.683. The minimum absolute atomic E-state index is 0.0417. The fourth-order valence-electron chi connectivity index (χ4n) is 7.76. The molecule has 3 fully saturated rings. The Morgan fingerprint density at radius 2 is 1.61 bits per heavy atom. The molecule has 6 amide bonds. The molecule has 4 rings (SSSR count). The summed E-state index contributed by atoms with van der Waals surface area (Å²) in [4.78, 5) is 95.1. The van der Waals surface area contributed by atoms with E-state index in [1.807, 2.05) is 37.3 Å². The van der Waals surface area contributed by atoms with Gasteiger partial charge in [-0.2, -0.15) is 0 Å². The van der Waals surface area contributed by atoms with Gasteiger partial charge in [0.05, 0.1) is 37.3 Å². The van der Waals surface area contributed by atoms with Crippen LogP contribution in [0.15, 0.2) is 30.3 Å². The number of benzene rings is 1. The maximum absolute atomic E-state index is 14.7. The molecule has 2 aliphatic carbocycles. The topological polar surface area (TPSA) is 225 Å². The lowest BCUT2D eigenvalue weighted by Gasteiger charge is -2.35. The number of rotatable bonds is 24. The molecule has 1 aromatic carbocycles. The molecule has 57 heavy (non-hydrogen) atoms. The number of ether oxygens (including phenoxy) is 3. The first-order chi connectivity index (χ1) is 27.4. The molecule has 1 saturated heterocycles. The van der Waals surface area contributed by atoms with Crippen molar-refractivity contribution in [1.29, 1.82) is 0 Å².